The second kappa shape index (κ2) is 18.7. The Hall–Kier alpha value is -4.55. The number of Topliss-reactive ketones (excluding diaryl/α,β-unsaturated/α-hetero) is 2. The van der Waals surface area contributed by atoms with Gasteiger partial charge in [-0.25, -0.2) is 4.98 Å². The van der Waals surface area contributed by atoms with Gasteiger partial charge in [-0.3, -0.25) is 19.2 Å². The van der Waals surface area contributed by atoms with E-state index in [1.54, 1.807) is 29.1 Å². The minimum atomic E-state index is -0.893. The van der Waals surface area contributed by atoms with Crippen LogP contribution in [0.5, 0.6) is 5.75 Å². The Kier molecular flexibility index (Phi) is 14.8. The average molecular weight is 662 g/mol. The number of aromatic hydroxyl groups is 1. The lowest BCUT2D eigenvalue weighted by atomic mass is 9.86. The topological polar surface area (TPSA) is 222 Å². The summed E-state index contributed by atoms with van der Waals surface area (Å²) in [5.41, 5.74) is 26.8. The van der Waals surface area contributed by atoms with Crippen LogP contribution in [-0.2, 0) is 38.6 Å². The summed E-state index contributed by atoms with van der Waals surface area (Å²) >= 11 is 0. The number of ketones is 2. The zero-order chi connectivity index (χ0) is 35.2. The number of unbranched alkanes of at least 4 members (excludes halogenated alkanes) is 1. The molecule has 2 aromatic carbocycles. The molecule has 0 saturated heterocycles. The number of carbonyl (C=O) groups is 4. The highest BCUT2D eigenvalue weighted by Gasteiger charge is 2.31. The highest BCUT2D eigenvalue weighted by molar-refractivity contribution is 5.94. The zero-order valence-electron chi connectivity index (χ0n) is 28.1. The number of aromatic nitrogens is 2. The van der Waals surface area contributed by atoms with Gasteiger partial charge in [-0.15, -0.1) is 0 Å². The normalized spacial score (nSPS) is 13.8. The molecular formula is C36H51N7O5. The Labute approximate surface area is 282 Å². The first kappa shape index (κ1) is 37.9. The Balaban J connectivity index is 1.79. The lowest BCUT2D eigenvalue weighted by Crippen LogP contribution is -2.46. The van der Waals surface area contributed by atoms with Crippen molar-refractivity contribution in [1.82, 2.24) is 14.9 Å². The van der Waals surface area contributed by atoms with Gasteiger partial charge in [0, 0.05) is 43.6 Å². The van der Waals surface area contributed by atoms with Gasteiger partial charge < -0.3 is 37.9 Å². The van der Waals surface area contributed by atoms with Gasteiger partial charge in [-0.2, -0.15) is 0 Å². The van der Waals surface area contributed by atoms with E-state index < -0.39 is 35.7 Å². The molecule has 2 amide bonds. The molecule has 4 atom stereocenters. The fourth-order valence-electron chi connectivity index (χ4n) is 6.02. The number of nitrogens with two attached hydrogens (primary N) is 4. The number of nitrogens with one attached hydrogen (secondary N) is 1. The molecule has 0 saturated carbocycles. The van der Waals surface area contributed by atoms with E-state index in [-0.39, 0.29) is 36.6 Å². The third-order valence-corrected chi connectivity index (χ3v) is 8.85. The molecule has 0 aliphatic carbocycles. The van der Waals surface area contributed by atoms with Crippen LogP contribution in [0.25, 0.3) is 0 Å². The first-order chi connectivity index (χ1) is 22.9. The molecule has 3 rings (SSSR count). The van der Waals surface area contributed by atoms with E-state index in [1.165, 1.54) is 0 Å². The quantitative estimate of drug-likeness (QED) is 0.0922. The molecule has 1 heterocycles. The van der Waals surface area contributed by atoms with Gasteiger partial charge in [0.2, 0.25) is 11.8 Å². The van der Waals surface area contributed by atoms with Crippen LogP contribution in [0, 0.1) is 25.7 Å². The lowest BCUT2D eigenvalue weighted by Gasteiger charge is -2.25. The monoisotopic (exact) mass is 661 g/mol. The molecule has 3 aromatic rings. The number of benzene rings is 2. The van der Waals surface area contributed by atoms with Gasteiger partial charge in [0.25, 0.3) is 0 Å². The number of carbonyl (C=O) groups excluding carboxylic acids is 4. The summed E-state index contributed by atoms with van der Waals surface area (Å²) < 4.78 is 1.77. The number of nitrogens with zero attached hydrogens (tertiary/aromatic N) is 2. The van der Waals surface area contributed by atoms with Crippen LogP contribution in [0.4, 0.5) is 5.95 Å². The number of primary amides is 1. The molecule has 0 aliphatic rings. The average Bonchev–Trinajstić information content (AvgIpc) is 3.45. The van der Waals surface area contributed by atoms with Crippen molar-refractivity contribution in [3.8, 4) is 5.75 Å². The molecule has 0 radical (unpaired) electrons. The first-order valence-electron chi connectivity index (χ1n) is 16.6. The Morgan fingerprint density at radius 2 is 1.58 bits per heavy atom. The molecular weight excluding hydrogens is 610 g/mol. The molecule has 48 heavy (non-hydrogen) atoms. The van der Waals surface area contributed by atoms with Gasteiger partial charge in [-0.1, -0.05) is 30.3 Å². The Morgan fingerprint density at radius 1 is 0.917 bits per heavy atom. The fraction of sp³-hybridized carbons (Fsp3) is 0.472. The molecule has 10 N–H and O–H groups in total. The number of imidazole rings is 1. The van der Waals surface area contributed by atoms with Gasteiger partial charge in [-0.05, 0) is 99.7 Å². The number of hydrogen-bond acceptors (Lipinski definition) is 9. The number of phenolic OH excluding ortho intramolecular Hbond substituents is 1. The summed E-state index contributed by atoms with van der Waals surface area (Å²) in [5, 5.41) is 13.0. The maximum atomic E-state index is 14.0. The predicted octanol–water partition coefficient (Wildman–Crippen LogP) is 2.63. The molecule has 1 aromatic heterocycles. The van der Waals surface area contributed by atoms with Crippen molar-refractivity contribution in [1.29, 1.82) is 0 Å². The SMILES string of the molecule is Cc1cc(O)cc(C)c1C[C@H](CC(=O)[C@H](N)CCCn1ccnc1N)C(=O)N[C@@H](CCCCN)C(=O)C[C@@H](Cc1ccccc1)C(N)=O. The van der Waals surface area contributed by atoms with E-state index >= 15 is 0 Å². The third-order valence-electron chi connectivity index (χ3n) is 8.85. The summed E-state index contributed by atoms with van der Waals surface area (Å²) in [6.07, 6.45) is 6.11. The first-order valence-corrected chi connectivity index (χ1v) is 16.6. The van der Waals surface area contributed by atoms with Crippen molar-refractivity contribution in [3.05, 3.63) is 77.1 Å². The smallest absolute Gasteiger partial charge is 0.224 e. The van der Waals surface area contributed by atoms with Crippen LogP contribution in [-0.4, -0.2) is 56.7 Å². The van der Waals surface area contributed by atoms with E-state index in [2.05, 4.69) is 10.3 Å². The Bertz CT molecular complexity index is 1500. The minimum Gasteiger partial charge on any atom is -0.508 e. The maximum Gasteiger partial charge on any atom is 0.224 e. The van der Waals surface area contributed by atoms with E-state index in [0.717, 1.165) is 22.3 Å². The van der Waals surface area contributed by atoms with Crippen LogP contribution < -0.4 is 28.3 Å². The highest BCUT2D eigenvalue weighted by atomic mass is 16.3. The maximum absolute atomic E-state index is 14.0. The van der Waals surface area contributed by atoms with Crippen LogP contribution >= 0.6 is 0 Å². The van der Waals surface area contributed by atoms with E-state index in [9.17, 15) is 24.3 Å². The molecule has 0 fully saturated rings. The van der Waals surface area contributed by atoms with Crippen molar-refractivity contribution in [3.63, 3.8) is 0 Å². The van der Waals surface area contributed by atoms with Gasteiger partial charge in [0.1, 0.15) is 11.5 Å². The number of amides is 2. The third kappa shape index (κ3) is 11.6. The highest BCUT2D eigenvalue weighted by Crippen LogP contribution is 2.26. The molecule has 0 bridgehead atoms. The molecule has 12 nitrogen and oxygen atoms in total. The van der Waals surface area contributed by atoms with E-state index in [1.807, 2.05) is 44.2 Å². The molecule has 0 spiro atoms. The van der Waals surface area contributed by atoms with Crippen LogP contribution in [0.1, 0.15) is 67.2 Å². The Morgan fingerprint density at radius 3 is 2.19 bits per heavy atom. The summed E-state index contributed by atoms with van der Waals surface area (Å²) in [7, 11) is 0. The number of hydrogen-bond donors (Lipinski definition) is 6. The number of aryl methyl sites for hydroxylation is 3. The van der Waals surface area contributed by atoms with Gasteiger partial charge in [0.15, 0.2) is 11.7 Å². The number of phenols is 1. The van der Waals surface area contributed by atoms with Crippen LogP contribution in [0.3, 0.4) is 0 Å². The standard InChI is InChI=1S/C36H51N7O5/c1-23-17-28(44)18-24(2)29(23)20-27(22-32(45)30(38)11-8-15-43-16-14-41-36(43)40)35(48)42-31(12-6-7-13-37)33(46)21-26(34(39)47)19-25-9-4-3-5-10-25/h3-5,9-10,14,16-18,26-27,30-31,44H,6-8,11-13,15,19-22,37-38H2,1-2H3,(H2,39,47)(H2,40,41)(H,42,48)/t26-,27-,30-,31+/m1/s1. The van der Waals surface area contributed by atoms with Crippen LogP contribution in [0.2, 0.25) is 0 Å². The number of anilines is 1. The van der Waals surface area contributed by atoms with Crippen molar-refractivity contribution in [2.75, 3.05) is 12.3 Å². The largest absolute Gasteiger partial charge is 0.508 e. The molecule has 0 unspecified atom stereocenters. The molecule has 260 valence electrons. The van der Waals surface area contributed by atoms with Crippen LogP contribution in [0.15, 0.2) is 54.9 Å². The predicted molar refractivity (Wildman–Crippen MR) is 186 cm³/mol. The van der Waals surface area contributed by atoms with Crippen molar-refractivity contribution < 1.29 is 24.3 Å². The zero-order valence-corrected chi connectivity index (χ0v) is 28.1. The number of nitrogen functional groups attached to an aromatic ring is 1. The minimum absolute atomic E-state index is 0.108. The molecule has 0 aliphatic heterocycles. The van der Waals surface area contributed by atoms with Crippen molar-refractivity contribution in [2.24, 2.45) is 29.0 Å². The summed E-state index contributed by atoms with van der Waals surface area (Å²) in [4.78, 5) is 57.5. The summed E-state index contributed by atoms with van der Waals surface area (Å²) in [6.45, 7) is 4.64. The summed E-state index contributed by atoms with van der Waals surface area (Å²) in [5.74, 6) is -2.73. The molecule has 12 heteroatoms. The van der Waals surface area contributed by atoms with Gasteiger partial charge >= 0.3 is 0 Å². The second-order valence-corrected chi connectivity index (χ2v) is 12.7. The number of rotatable bonds is 21. The van der Waals surface area contributed by atoms with Gasteiger partial charge in [0.05, 0.1) is 12.1 Å². The summed E-state index contributed by atoms with van der Waals surface area (Å²) in [6, 6.07) is 10.8. The van der Waals surface area contributed by atoms with Crippen molar-refractivity contribution in [2.45, 2.75) is 90.3 Å². The second-order valence-electron chi connectivity index (χ2n) is 12.7. The lowest BCUT2D eigenvalue weighted by molar-refractivity contribution is -0.133. The van der Waals surface area contributed by atoms with E-state index in [4.69, 9.17) is 22.9 Å². The fourth-order valence-corrected chi connectivity index (χ4v) is 6.02. The van der Waals surface area contributed by atoms with Crippen molar-refractivity contribution >= 4 is 29.3 Å². The van der Waals surface area contributed by atoms with E-state index in [0.29, 0.717) is 57.6 Å².